The molecule has 1 aliphatic heterocycles. The fraction of sp³-hybridized carbons (Fsp3) is 0.174. The average molecular weight is 497 g/mol. The summed E-state index contributed by atoms with van der Waals surface area (Å²) in [6.07, 6.45) is 1.71. The van der Waals surface area contributed by atoms with Crippen molar-refractivity contribution < 1.29 is 14.0 Å². The number of benzene rings is 2. The maximum absolute atomic E-state index is 14.8. The van der Waals surface area contributed by atoms with Crippen molar-refractivity contribution in [3.05, 3.63) is 77.2 Å². The van der Waals surface area contributed by atoms with Gasteiger partial charge in [0.25, 0.3) is 11.8 Å². The quantitative estimate of drug-likeness (QED) is 0.201. The first kappa shape index (κ1) is 23.7. The van der Waals surface area contributed by atoms with Gasteiger partial charge in [-0.2, -0.15) is 5.11 Å². The number of para-hydroxylation sites is 1. The Labute approximate surface area is 205 Å². The van der Waals surface area contributed by atoms with Crippen molar-refractivity contribution >= 4 is 53.0 Å². The standard InChI is InChI=1S/C23H21FN6O2S2/c24-17-13-16(22(31)29-9-11-30(12-10-29)23(32)19(14-33)27-25)6-7-18(17)28-34-20-5-1-3-15-4-2-8-26-21(15)20/h1-8,13-14,25,28,33H,9-12H2/b19-14-,27-25?. The summed E-state index contributed by atoms with van der Waals surface area (Å²) in [6, 6.07) is 13.9. The molecule has 2 aromatic carbocycles. The van der Waals surface area contributed by atoms with Crippen molar-refractivity contribution in [3.8, 4) is 0 Å². The number of piperazine rings is 1. The first-order chi connectivity index (χ1) is 16.5. The Hall–Kier alpha value is -3.44. The van der Waals surface area contributed by atoms with E-state index in [4.69, 9.17) is 5.53 Å². The minimum atomic E-state index is -0.541. The van der Waals surface area contributed by atoms with Gasteiger partial charge < -0.3 is 14.5 Å². The lowest BCUT2D eigenvalue weighted by molar-refractivity contribution is -0.128. The molecular formula is C23H21FN6O2S2. The van der Waals surface area contributed by atoms with Crippen LogP contribution in [0.3, 0.4) is 0 Å². The van der Waals surface area contributed by atoms with E-state index in [2.05, 4.69) is 27.4 Å². The van der Waals surface area contributed by atoms with Gasteiger partial charge in [-0.25, -0.2) is 9.92 Å². The minimum absolute atomic E-state index is 0.0644. The van der Waals surface area contributed by atoms with Crippen LogP contribution in [0.25, 0.3) is 10.9 Å². The maximum atomic E-state index is 14.8. The summed E-state index contributed by atoms with van der Waals surface area (Å²) in [7, 11) is 0. The Balaban J connectivity index is 1.39. The number of nitrogens with zero attached hydrogens (tertiary/aromatic N) is 4. The summed E-state index contributed by atoms with van der Waals surface area (Å²) in [4.78, 5) is 33.5. The molecule has 1 aliphatic rings. The maximum Gasteiger partial charge on any atom is 0.274 e. The summed E-state index contributed by atoms with van der Waals surface area (Å²) in [5.74, 6) is -1.25. The summed E-state index contributed by atoms with van der Waals surface area (Å²) < 4.78 is 17.8. The van der Waals surface area contributed by atoms with Crippen molar-refractivity contribution in [2.24, 2.45) is 5.11 Å². The van der Waals surface area contributed by atoms with Gasteiger partial charge in [0, 0.05) is 48.7 Å². The number of nitrogens with one attached hydrogen (secondary N) is 2. The van der Waals surface area contributed by atoms with Crippen LogP contribution in [0.4, 0.5) is 10.1 Å². The fourth-order valence-corrected chi connectivity index (χ4v) is 4.56. The second-order valence-electron chi connectivity index (χ2n) is 7.44. The molecule has 1 fully saturated rings. The molecule has 34 heavy (non-hydrogen) atoms. The Morgan fingerprint density at radius 3 is 2.56 bits per heavy atom. The molecule has 0 radical (unpaired) electrons. The monoisotopic (exact) mass is 496 g/mol. The molecule has 0 unspecified atom stereocenters. The average Bonchev–Trinajstić information content (AvgIpc) is 2.88. The number of anilines is 1. The van der Waals surface area contributed by atoms with Gasteiger partial charge in [0.15, 0.2) is 5.70 Å². The van der Waals surface area contributed by atoms with Gasteiger partial charge in [-0.05, 0) is 42.3 Å². The number of halogens is 1. The summed E-state index contributed by atoms with van der Waals surface area (Å²) in [6.45, 7) is 1.19. The smallest absolute Gasteiger partial charge is 0.274 e. The molecule has 0 saturated carbocycles. The van der Waals surface area contributed by atoms with E-state index in [-0.39, 0.29) is 22.9 Å². The highest BCUT2D eigenvalue weighted by Crippen LogP contribution is 2.29. The number of amides is 2. The van der Waals surface area contributed by atoms with Gasteiger partial charge in [-0.15, -0.1) is 12.6 Å². The lowest BCUT2D eigenvalue weighted by atomic mass is 10.1. The Morgan fingerprint density at radius 1 is 1.12 bits per heavy atom. The van der Waals surface area contributed by atoms with Crippen LogP contribution in [-0.2, 0) is 4.79 Å². The van der Waals surface area contributed by atoms with E-state index < -0.39 is 11.7 Å². The molecule has 2 N–H and O–H groups in total. The van der Waals surface area contributed by atoms with Crippen LogP contribution in [0.5, 0.6) is 0 Å². The van der Waals surface area contributed by atoms with Crippen molar-refractivity contribution in [1.29, 1.82) is 5.53 Å². The first-order valence-electron chi connectivity index (χ1n) is 10.4. The number of aromatic nitrogens is 1. The number of carbonyl (C=O) groups is 2. The van der Waals surface area contributed by atoms with Gasteiger partial charge >= 0.3 is 0 Å². The van der Waals surface area contributed by atoms with Crippen LogP contribution in [0.2, 0.25) is 0 Å². The van der Waals surface area contributed by atoms with Crippen LogP contribution in [0, 0.1) is 11.3 Å². The predicted molar refractivity (Wildman–Crippen MR) is 132 cm³/mol. The lowest BCUT2D eigenvalue weighted by Crippen LogP contribution is -2.50. The molecule has 3 aromatic rings. The summed E-state index contributed by atoms with van der Waals surface area (Å²) >= 11 is 5.14. The second-order valence-corrected chi connectivity index (χ2v) is 8.55. The molecule has 11 heteroatoms. The van der Waals surface area contributed by atoms with E-state index in [1.165, 1.54) is 34.4 Å². The van der Waals surface area contributed by atoms with E-state index >= 15 is 0 Å². The topological polar surface area (TPSA) is 102 Å². The molecule has 0 aliphatic carbocycles. The number of hydrogen-bond acceptors (Lipinski definition) is 8. The van der Waals surface area contributed by atoms with E-state index in [9.17, 15) is 14.0 Å². The van der Waals surface area contributed by atoms with E-state index in [1.54, 1.807) is 17.2 Å². The number of hydrogen-bond donors (Lipinski definition) is 3. The molecule has 8 nitrogen and oxygen atoms in total. The molecule has 1 aromatic heterocycles. The number of thiol groups is 1. The van der Waals surface area contributed by atoms with Crippen LogP contribution >= 0.6 is 24.6 Å². The number of carbonyl (C=O) groups excluding carboxylic acids is 2. The van der Waals surface area contributed by atoms with Crippen molar-refractivity contribution in [2.45, 2.75) is 4.90 Å². The van der Waals surface area contributed by atoms with Crippen molar-refractivity contribution in [3.63, 3.8) is 0 Å². The van der Waals surface area contributed by atoms with Crippen LogP contribution < -0.4 is 4.72 Å². The van der Waals surface area contributed by atoms with E-state index in [1.807, 2.05) is 30.3 Å². The van der Waals surface area contributed by atoms with Gasteiger partial charge in [0.1, 0.15) is 5.82 Å². The number of fused-ring (bicyclic) bond motifs is 1. The molecule has 0 bridgehead atoms. The SMILES string of the molecule is N=N/C(=C\S)C(=O)N1CCN(C(=O)c2ccc(NSc3cccc4cccnc34)c(F)c2)CC1. The van der Waals surface area contributed by atoms with Gasteiger partial charge in [0.2, 0.25) is 0 Å². The third-order valence-corrected chi connectivity index (χ3v) is 6.51. The van der Waals surface area contributed by atoms with Gasteiger partial charge in [-0.1, -0.05) is 18.2 Å². The molecule has 174 valence electrons. The zero-order valence-corrected chi connectivity index (χ0v) is 19.7. The Kier molecular flexibility index (Phi) is 7.43. The summed E-state index contributed by atoms with van der Waals surface area (Å²) in [5.41, 5.74) is 8.28. The highest BCUT2D eigenvalue weighted by Gasteiger charge is 2.27. The number of rotatable bonds is 6. The number of pyridine rings is 1. The van der Waals surface area contributed by atoms with E-state index in [0.717, 1.165) is 15.8 Å². The van der Waals surface area contributed by atoms with Crippen molar-refractivity contribution in [1.82, 2.24) is 14.8 Å². The van der Waals surface area contributed by atoms with Gasteiger partial charge in [-0.3, -0.25) is 14.6 Å². The molecule has 0 spiro atoms. The molecule has 4 rings (SSSR count). The zero-order valence-electron chi connectivity index (χ0n) is 17.9. The van der Waals surface area contributed by atoms with Crippen LogP contribution in [0.1, 0.15) is 10.4 Å². The largest absolute Gasteiger partial charge is 0.335 e. The molecular weight excluding hydrogens is 475 g/mol. The Bertz CT molecular complexity index is 1270. The normalized spacial score (nSPS) is 14.2. The Morgan fingerprint density at radius 2 is 1.85 bits per heavy atom. The predicted octanol–water partition coefficient (Wildman–Crippen LogP) is 4.58. The third kappa shape index (κ3) is 5.05. The second kappa shape index (κ2) is 10.7. The molecule has 2 amide bonds. The van der Waals surface area contributed by atoms with Gasteiger partial charge in [0.05, 0.1) is 16.1 Å². The fourth-order valence-electron chi connectivity index (χ4n) is 3.59. The van der Waals surface area contributed by atoms with Crippen LogP contribution in [-0.4, -0.2) is 52.8 Å². The zero-order chi connectivity index (χ0) is 24.1. The minimum Gasteiger partial charge on any atom is -0.335 e. The first-order valence-corrected chi connectivity index (χ1v) is 11.7. The summed E-state index contributed by atoms with van der Waals surface area (Å²) in [5, 5.41) is 5.33. The lowest BCUT2D eigenvalue weighted by Gasteiger charge is -2.34. The van der Waals surface area contributed by atoms with Crippen molar-refractivity contribution in [2.75, 3.05) is 30.9 Å². The van der Waals surface area contributed by atoms with E-state index in [0.29, 0.717) is 26.2 Å². The van der Waals surface area contributed by atoms with Crippen LogP contribution in [0.15, 0.2) is 75.8 Å². The highest BCUT2D eigenvalue weighted by molar-refractivity contribution is 8.00. The molecule has 0 atom stereocenters. The molecule has 2 heterocycles. The third-order valence-electron chi connectivity index (χ3n) is 5.40. The molecule has 1 saturated heterocycles. The highest BCUT2D eigenvalue weighted by atomic mass is 32.2.